The van der Waals surface area contributed by atoms with Gasteiger partial charge in [-0.15, -0.1) is 0 Å². The van der Waals surface area contributed by atoms with Crippen molar-refractivity contribution in [2.45, 2.75) is 39.3 Å². The first-order valence-electron chi connectivity index (χ1n) is 5.38. The zero-order valence-corrected chi connectivity index (χ0v) is 9.21. The molecule has 1 aromatic heterocycles. The lowest BCUT2D eigenvalue weighted by atomic mass is 10.1. The van der Waals surface area contributed by atoms with Crippen molar-refractivity contribution < 1.29 is 8.78 Å². The van der Waals surface area contributed by atoms with Crippen LogP contribution in [-0.4, -0.2) is 11.1 Å². The molecule has 0 aliphatic heterocycles. The van der Waals surface area contributed by atoms with Gasteiger partial charge in [0, 0.05) is 18.4 Å². The van der Waals surface area contributed by atoms with Gasteiger partial charge in [-0.3, -0.25) is 4.57 Å². The fraction of sp³-hybridized carbons (Fsp3) is 0.636. The molecule has 1 heterocycles. The van der Waals surface area contributed by atoms with E-state index in [1.54, 1.807) is 6.07 Å². The quantitative estimate of drug-likeness (QED) is 0.771. The molecule has 86 valence electrons. The van der Waals surface area contributed by atoms with Crippen LogP contribution in [0.1, 0.15) is 44.8 Å². The highest BCUT2D eigenvalue weighted by Gasteiger charge is 2.12. The van der Waals surface area contributed by atoms with Crippen LogP contribution in [0.15, 0.2) is 18.5 Å². The largest absolute Gasteiger partial charge is 0.318 e. The van der Waals surface area contributed by atoms with Crippen molar-refractivity contribution >= 4 is 0 Å². The Morgan fingerprint density at radius 1 is 1.40 bits per heavy atom. The summed E-state index contributed by atoms with van der Waals surface area (Å²) in [5.41, 5.74) is 0.944. The molecule has 1 N–H and O–H groups in total. The second kappa shape index (κ2) is 5.85. The smallest absolute Gasteiger partial charge is 0.310 e. The first-order chi connectivity index (χ1) is 7.19. The van der Waals surface area contributed by atoms with Gasteiger partial charge in [0.05, 0.1) is 0 Å². The van der Waals surface area contributed by atoms with E-state index >= 15 is 0 Å². The molecular formula is C11H18F2N2. The number of alkyl halides is 2. The van der Waals surface area contributed by atoms with Crippen molar-refractivity contribution in [3.8, 4) is 0 Å². The number of halogens is 2. The Bertz CT molecular complexity index is 278. The van der Waals surface area contributed by atoms with Gasteiger partial charge in [-0.25, -0.2) is 0 Å². The molecule has 1 atom stereocenters. The zero-order chi connectivity index (χ0) is 11.3. The van der Waals surface area contributed by atoms with E-state index in [4.69, 9.17) is 0 Å². The molecule has 1 unspecified atom stereocenters. The minimum Gasteiger partial charge on any atom is -0.310 e. The second-order valence-electron chi connectivity index (χ2n) is 3.57. The zero-order valence-electron chi connectivity index (χ0n) is 9.21. The van der Waals surface area contributed by atoms with E-state index in [1.165, 1.54) is 12.4 Å². The highest BCUT2D eigenvalue weighted by molar-refractivity contribution is 5.15. The Morgan fingerprint density at radius 2 is 2.13 bits per heavy atom. The Balaban J connectivity index is 2.72. The van der Waals surface area contributed by atoms with Crippen LogP contribution in [0.5, 0.6) is 0 Å². The minimum absolute atomic E-state index is 0.194. The third-order valence-electron chi connectivity index (χ3n) is 2.39. The van der Waals surface area contributed by atoms with E-state index in [9.17, 15) is 8.78 Å². The molecule has 0 aliphatic carbocycles. The number of hydrogen-bond acceptors (Lipinski definition) is 1. The van der Waals surface area contributed by atoms with E-state index in [-0.39, 0.29) is 6.04 Å². The molecule has 0 bridgehead atoms. The second-order valence-corrected chi connectivity index (χ2v) is 3.57. The molecule has 1 aromatic rings. The van der Waals surface area contributed by atoms with Gasteiger partial charge in [0.15, 0.2) is 0 Å². The normalized spacial score (nSPS) is 13.4. The van der Waals surface area contributed by atoms with Crippen molar-refractivity contribution in [1.29, 1.82) is 0 Å². The first kappa shape index (κ1) is 12.2. The maximum atomic E-state index is 12.4. The molecular weight excluding hydrogens is 198 g/mol. The van der Waals surface area contributed by atoms with Crippen molar-refractivity contribution in [3.63, 3.8) is 0 Å². The lowest BCUT2D eigenvalue weighted by Crippen LogP contribution is -2.20. The van der Waals surface area contributed by atoms with Crippen molar-refractivity contribution in [2.75, 3.05) is 6.54 Å². The Labute approximate surface area is 89.3 Å². The number of aromatic nitrogens is 1. The monoisotopic (exact) mass is 216 g/mol. The van der Waals surface area contributed by atoms with E-state index in [0.29, 0.717) is 0 Å². The van der Waals surface area contributed by atoms with Crippen LogP contribution < -0.4 is 5.32 Å². The summed E-state index contributed by atoms with van der Waals surface area (Å²) in [6.45, 7) is 2.52. The molecule has 15 heavy (non-hydrogen) atoms. The molecule has 4 heteroatoms. The van der Waals surface area contributed by atoms with E-state index < -0.39 is 6.55 Å². The molecule has 0 saturated carbocycles. The molecule has 1 rings (SSSR count). The third-order valence-corrected chi connectivity index (χ3v) is 2.39. The third kappa shape index (κ3) is 3.30. The summed E-state index contributed by atoms with van der Waals surface area (Å²) in [5, 5.41) is 3.29. The van der Waals surface area contributed by atoms with E-state index in [2.05, 4.69) is 12.2 Å². The molecule has 0 aliphatic rings. The summed E-state index contributed by atoms with van der Waals surface area (Å²) >= 11 is 0. The molecule has 0 spiro atoms. The van der Waals surface area contributed by atoms with E-state index in [0.717, 1.165) is 29.5 Å². The average molecular weight is 216 g/mol. The minimum atomic E-state index is -2.44. The summed E-state index contributed by atoms with van der Waals surface area (Å²) in [6, 6.07) is 1.95. The van der Waals surface area contributed by atoms with Crippen LogP contribution in [0.3, 0.4) is 0 Å². The van der Waals surface area contributed by atoms with Gasteiger partial charge in [-0.1, -0.05) is 20.3 Å². The fourth-order valence-corrected chi connectivity index (χ4v) is 1.68. The first-order valence-corrected chi connectivity index (χ1v) is 5.38. The predicted octanol–water partition coefficient (Wildman–Crippen LogP) is 3.33. The average Bonchev–Trinajstić information content (AvgIpc) is 2.66. The van der Waals surface area contributed by atoms with Gasteiger partial charge in [-0.05, 0) is 24.6 Å². The molecule has 0 aromatic carbocycles. The summed E-state index contributed by atoms with van der Waals surface area (Å²) in [6.07, 6.45) is 4.96. The van der Waals surface area contributed by atoms with Gasteiger partial charge >= 0.3 is 6.55 Å². The van der Waals surface area contributed by atoms with Gasteiger partial charge in [0.2, 0.25) is 0 Å². The maximum absolute atomic E-state index is 12.4. The fourth-order valence-electron chi connectivity index (χ4n) is 1.68. The number of nitrogens with zero attached hydrogens (tertiary/aromatic N) is 1. The van der Waals surface area contributed by atoms with Crippen LogP contribution in [0.2, 0.25) is 0 Å². The Kier molecular flexibility index (Phi) is 4.75. The number of nitrogens with one attached hydrogen (secondary N) is 1. The Hall–Kier alpha value is -0.900. The molecule has 0 amide bonds. The summed E-state index contributed by atoms with van der Waals surface area (Å²) < 4.78 is 25.7. The van der Waals surface area contributed by atoms with Crippen molar-refractivity contribution in [3.05, 3.63) is 24.0 Å². The lowest BCUT2D eigenvalue weighted by Gasteiger charge is -2.15. The molecule has 0 saturated heterocycles. The van der Waals surface area contributed by atoms with Gasteiger partial charge in [0.1, 0.15) is 0 Å². The summed E-state index contributed by atoms with van der Waals surface area (Å²) in [7, 11) is 0. The van der Waals surface area contributed by atoms with Gasteiger partial charge in [-0.2, -0.15) is 8.78 Å². The van der Waals surface area contributed by atoms with E-state index in [1.807, 2.05) is 6.92 Å². The van der Waals surface area contributed by atoms with Crippen LogP contribution in [0, 0.1) is 0 Å². The predicted molar refractivity (Wildman–Crippen MR) is 57.0 cm³/mol. The highest BCUT2D eigenvalue weighted by Crippen LogP contribution is 2.21. The molecule has 0 radical (unpaired) electrons. The van der Waals surface area contributed by atoms with Crippen LogP contribution in [-0.2, 0) is 0 Å². The van der Waals surface area contributed by atoms with Crippen molar-refractivity contribution in [2.24, 2.45) is 0 Å². The van der Waals surface area contributed by atoms with Gasteiger partial charge < -0.3 is 5.32 Å². The van der Waals surface area contributed by atoms with Crippen LogP contribution >= 0.6 is 0 Å². The Morgan fingerprint density at radius 3 is 2.60 bits per heavy atom. The standard InChI is InChI=1S/C11H18F2N2/c1-3-5-10(14-4-2)9-6-7-15(8-9)11(12)13/h6-8,10-11,14H,3-5H2,1-2H3. The van der Waals surface area contributed by atoms with Crippen molar-refractivity contribution in [1.82, 2.24) is 9.88 Å². The number of hydrogen-bond donors (Lipinski definition) is 1. The van der Waals surface area contributed by atoms with Gasteiger partial charge in [0.25, 0.3) is 0 Å². The SMILES string of the molecule is CCCC(NCC)c1ccn(C(F)F)c1. The highest BCUT2D eigenvalue weighted by atomic mass is 19.3. The maximum Gasteiger partial charge on any atom is 0.318 e. The molecule has 2 nitrogen and oxygen atoms in total. The number of rotatable bonds is 6. The van der Waals surface area contributed by atoms with Crippen LogP contribution in [0.4, 0.5) is 8.78 Å². The lowest BCUT2D eigenvalue weighted by molar-refractivity contribution is 0.0705. The molecule has 0 fully saturated rings. The van der Waals surface area contributed by atoms with Crippen LogP contribution in [0.25, 0.3) is 0 Å². The topological polar surface area (TPSA) is 17.0 Å². The summed E-state index contributed by atoms with van der Waals surface area (Å²) in [4.78, 5) is 0. The summed E-state index contributed by atoms with van der Waals surface area (Å²) in [5.74, 6) is 0.